The molecule has 6 heteroatoms. The second-order valence-corrected chi connectivity index (χ2v) is 7.50. The van der Waals surface area contributed by atoms with Crippen molar-refractivity contribution in [2.24, 2.45) is 5.92 Å². The molecule has 0 heterocycles. The molecule has 0 saturated carbocycles. The van der Waals surface area contributed by atoms with Gasteiger partial charge in [-0.1, -0.05) is 68.4 Å². The maximum Gasteiger partial charge on any atom is 0.326 e. The Bertz CT molecular complexity index is 775. The number of rotatable bonds is 10. The maximum absolute atomic E-state index is 12.5. The topological polar surface area (TPSA) is 89.9 Å². The lowest BCUT2D eigenvalue weighted by molar-refractivity contribution is -0.139. The lowest BCUT2D eigenvalue weighted by atomic mass is 10.0. The van der Waals surface area contributed by atoms with E-state index in [1.807, 2.05) is 68.4 Å². The molecule has 0 aliphatic carbocycles. The third kappa shape index (κ3) is 7.23. The molecule has 0 radical (unpaired) electrons. The Balaban J connectivity index is 2.03. The Morgan fingerprint density at radius 3 is 2.14 bits per heavy atom. The minimum Gasteiger partial charge on any atom is -0.480 e. The molecule has 0 spiro atoms. The molecule has 156 valence electrons. The predicted octanol–water partition coefficient (Wildman–Crippen LogP) is 3.40. The van der Waals surface area contributed by atoms with Gasteiger partial charge in [0, 0.05) is 19.5 Å². The molecule has 0 aromatic heterocycles. The minimum absolute atomic E-state index is 0.162. The Hall–Kier alpha value is -2.86. The molecule has 0 saturated heterocycles. The van der Waals surface area contributed by atoms with Gasteiger partial charge in [-0.2, -0.15) is 0 Å². The second kappa shape index (κ2) is 11.2. The first-order chi connectivity index (χ1) is 13.9. The van der Waals surface area contributed by atoms with Crippen molar-refractivity contribution in [3.05, 3.63) is 60.2 Å². The number of hydrogen-bond donors (Lipinski definition) is 3. The van der Waals surface area contributed by atoms with Gasteiger partial charge in [0.2, 0.25) is 0 Å². The minimum atomic E-state index is -1.08. The van der Waals surface area contributed by atoms with Crippen LogP contribution < -0.4 is 5.32 Å². The van der Waals surface area contributed by atoms with E-state index in [1.54, 1.807) is 0 Å². The molecule has 2 aromatic rings. The number of carbonyl (C=O) groups is 2. The van der Waals surface area contributed by atoms with Gasteiger partial charge in [0.25, 0.3) is 0 Å². The van der Waals surface area contributed by atoms with E-state index in [0.717, 1.165) is 23.1 Å². The lowest BCUT2D eigenvalue weighted by Crippen LogP contribution is -2.50. The number of carboxylic acid groups (broad SMARTS) is 1. The maximum atomic E-state index is 12.5. The number of carbonyl (C=O) groups excluding carboxylic acids is 1. The number of aliphatic hydroxyl groups excluding tert-OH is 1. The Morgan fingerprint density at radius 1 is 0.966 bits per heavy atom. The van der Waals surface area contributed by atoms with Crippen LogP contribution in [0.2, 0.25) is 0 Å². The summed E-state index contributed by atoms with van der Waals surface area (Å²) in [6.45, 7) is 4.59. The summed E-state index contributed by atoms with van der Waals surface area (Å²) in [6, 6.07) is 16.1. The van der Waals surface area contributed by atoms with Crippen molar-refractivity contribution < 1.29 is 19.8 Å². The Morgan fingerprint density at radius 2 is 1.59 bits per heavy atom. The average Bonchev–Trinajstić information content (AvgIpc) is 2.71. The summed E-state index contributed by atoms with van der Waals surface area (Å²) in [5.74, 6) is -0.680. The second-order valence-electron chi connectivity index (χ2n) is 7.50. The fraction of sp³-hybridized carbons (Fsp3) is 0.391. The van der Waals surface area contributed by atoms with Gasteiger partial charge < -0.3 is 20.4 Å². The van der Waals surface area contributed by atoms with E-state index in [-0.39, 0.29) is 19.6 Å². The van der Waals surface area contributed by atoms with Crippen molar-refractivity contribution in [2.75, 3.05) is 19.7 Å². The van der Waals surface area contributed by atoms with Crippen LogP contribution in [0, 0.1) is 5.92 Å². The van der Waals surface area contributed by atoms with Crippen LogP contribution in [0.5, 0.6) is 0 Å². The smallest absolute Gasteiger partial charge is 0.326 e. The normalized spacial score (nSPS) is 11.9. The van der Waals surface area contributed by atoms with Crippen molar-refractivity contribution >= 4 is 12.0 Å². The van der Waals surface area contributed by atoms with Crippen molar-refractivity contribution in [3.63, 3.8) is 0 Å². The van der Waals surface area contributed by atoms with Crippen LogP contribution >= 0.6 is 0 Å². The number of benzene rings is 2. The van der Waals surface area contributed by atoms with Gasteiger partial charge in [-0.25, -0.2) is 9.59 Å². The molecule has 2 amide bonds. The third-order valence-corrected chi connectivity index (χ3v) is 4.73. The van der Waals surface area contributed by atoms with Crippen molar-refractivity contribution in [1.29, 1.82) is 0 Å². The third-order valence-electron chi connectivity index (χ3n) is 4.73. The number of urea groups is 1. The van der Waals surface area contributed by atoms with E-state index in [1.165, 1.54) is 4.90 Å². The fourth-order valence-corrected chi connectivity index (χ4v) is 2.99. The van der Waals surface area contributed by atoms with Gasteiger partial charge in [-0.05, 0) is 29.0 Å². The standard InChI is InChI=1S/C23H30N2O4/c1-17(2)12-13-25(14-15-26)23(29)24-21(22(27)28)16-18-8-10-20(11-9-18)19-6-4-3-5-7-19/h3-11,17,21,26H,12-16H2,1-2H3,(H,24,29)(H,27,28)/t21-/m0/s1. The summed E-state index contributed by atoms with van der Waals surface area (Å²) in [5, 5.41) is 21.4. The number of nitrogens with one attached hydrogen (secondary N) is 1. The van der Waals surface area contributed by atoms with Crippen LogP contribution in [0.3, 0.4) is 0 Å². The van der Waals surface area contributed by atoms with Crippen LogP contribution in [-0.4, -0.2) is 52.9 Å². The summed E-state index contributed by atoms with van der Waals surface area (Å²) in [7, 11) is 0. The van der Waals surface area contributed by atoms with Crippen LogP contribution in [0.1, 0.15) is 25.8 Å². The van der Waals surface area contributed by atoms with Gasteiger partial charge in [0.1, 0.15) is 6.04 Å². The van der Waals surface area contributed by atoms with Crippen LogP contribution in [0.4, 0.5) is 4.79 Å². The van der Waals surface area contributed by atoms with E-state index in [2.05, 4.69) is 5.32 Å². The highest BCUT2D eigenvalue weighted by Gasteiger charge is 2.23. The zero-order valence-electron chi connectivity index (χ0n) is 17.0. The molecule has 29 heavy (non-hydrogen) atoms. The number of nitrogens with zero attached hydrogens (tertiary/aromatic N) is 1. The zero-order chi connectivity index (χ0) is 21.2. The molecule has 0 unspecified atom stereocenters. The van der Waals surface area contributed by atoms with E-state index < -0.39 is 18.0 Å². The van der Waals surface area contributed by atoms with Crippen LogP contribution in [0.25, 0.3) is 11.1 Å². The summed E-state index contributed by atoms with van der Waals surface area (Å²) < 4.78 is 0. The zero-order valence-corrected chi connectivity index (χ0v) is 17.0. The van der Waals surface area contributed by atoms with Crippen LogP contribution in [-0.2, 0) is 11.2 Å². The van der Waals surface area contributed by atoms with Gasteiger partial charge in [0.15, 0.2) is 0 Å². The molecule has 1 atom stereocenters. The monoisotopic (exact) mass is 398 g/mol. The van der Waals surface area contributed by atoms with Crippen LogP contribution in [0.15, 0.2) is 54.6 Å². The van der Waals surface area contributed by atoms with Gasteiger partial charge in [-0.15, -0.1) is 0 Å². The molecule has 3 N–H and O–H groups in total. The highest BCUT2D eigenvalue weighted by molar-refractivity contribution is 5.82. The first-order valence-corrected chi connectivity index (χ1v) is 9.94. The highest BCUT2D eigenvalue weighted by Crippen LogP contribution is 2.19. The van der Waals surface area contributed by atoms with Gasteiger partial charge in [-0.3, -0.25) is 0 Å². The molecule has 0 aliphatic heterocycles. The summed E-state index contributed by atoms with van der Waals surface area (Å²) in [5.41, 5.74) is 2.97. The number of amides is 2. The average molecular weight is 399 g/mol. The number of carboxylic acids is 1. The molecule has 0 fully saturated rings. The molecular weight excluding hydrogens is 368 g/mol. The van der Waals surface area contributed by atoms with E-state index >= 15 is 0 Å². The molecular formula is C23H30N2O4. The molecule has 6 nitrogen and oxygen atoms in total. The molecule has 2 rings (SSSR count). The highest BCUT2D eigenvalue weighted by atomic mass is 16.4. The molecule has 0 bridgehead atoms. The van der Waals surface area contributed by atoms with Crippen molar-refractivity contribution in [2.45, 2.75) is 32.7 Å². The first kappa shape index (κ1) is 22.4. The summed E-state index contributed by atoms with van der Waals surface area (Å²) in [4.78, 5) is 25.7. The Kier molecular flexibility index (Phi) is 8.68. The van der Waals surface area contributed by atoms with E-state index in [9.17, 15) is 19.8 Å². The summed E-state index contributed by atoms with van der Waals surface area (Å²) >= 11 is 0. The lowest BCUT2D eigenvalue weighted by Gasteiger charge is -2.25. The predicted molar refractivity (Wildman–Crippen MR) is 114 cm³/mol. The first-order valence-electron chi connectivity index (χ1n) is 9.94. The van der Waals surface area contributed by atoms with Crippen molar-refractivity contribution in [3.8, 4) is 11.1 Å². The van der Waals surface area contributed by atoms with E-state index in [4.69, 9.17) is 0 Å². The largest absolute Gasteiger partial charge is 0.480 e. The van der Waals surface area contributed by atoms with Gasteiger partial charge >= 0.3 is 12.0 Å². The molecule has 0 aliphatic rings. The quantitative estimate of drug-likeness (QED) is 0.572. The molecule has 2 aromatic carbocycles. The van der Waals surface area contributed by atoms with Gasteiger partial charge in [0.05, 0.1) is 6.61 Å². The fourth-order valence-electron chi connectivity index (χ4n) is 2.99. The van der Waals surface area contributed by atoms with E-state index in [0.29, 0.717) is 12.5 Å². The summed E-state index contributed by atoms with van der Waals surface area (Å²) in [6.07, 6.45) is 0.972. The number of aliphatic hydroxyl groups is 1. The Labute approximate surface area is 172 Å². The number of hydrogen-bond acceptors (Lipinski definition) is 3. The SMILES string of the molecule is CC(C)CCN(CCO)C(=O)N[C@@H](Cc1ccc(-c2ccccc2)cc1)C(=O)O. The number of aliphatic carboxylic acids is 1. The van der Waals surface area contributed by atoms with Crippen molar-refractivity contribution in [1.82, 2.24) is 10.2 Å².